The molecule has 0 aliphatic heterocycles. The van der Waals surface area contributed by atoms with Crippen molar-refractivity contribution in [3.05, 3.63) is 58.9 Å². The minimum atomic E-state index is -0.503. The van der Waals surface area contributed by atoms with E-state index in [2.05, 4.69) is 31.2 Å². The number of aromatic amines is 2. The lowest BCUT2D eigenvalue weighted by Crippen LogP contribution is -2.35. The molecular weight excluding hydrogens is 580 g/mol. The van der Waals surface area contributed by atoms with Crippen molar-refractivity contribution in [1.29, 1.82) is 0 Å². The summed E-state index contributed by atoms with van der Waals surface area (Å²) >= 11 is 0. The molecule has 0 fully saturated rings. The molecule has 6 rings (SSSR count). The molecule has 8 N–H and O–H groups in total. The summed E-state index contributed by atoms with van der Waals surface area (Å²) in [5, 5.41) is 13.9. The van der Waals surface area contributed by atoms with Crippen LogP contribution >= 0.6 is 0 Å². The van der Waals surface area contributed by atoms with Crippen LogP contribution in [0.2, 0.25) is 0 Å². The van der Waals surface area contributed by atoms with Crippen LogP contribution in [0.25, 0.3) is 21.8 Å². The van der Waals surface area contributed by atoms with Gasteiger partial charge in [0.25, 0.3) is 0 Å². The number of hydrogen-bond donors (Lipinski definition) is 6. The monoisotopic (exact) mass is 618 g/mol. The second-order valence-corrected chi connectivity index (χ2v) is 11.4. The highest BCUT2D eigenvalue weighted by molar-refractivity contribution is 5.91. The van der Waals surface area contributed by atoms with E-state index in [0.717, 1.165) is 57.2 Å². The van der Waals surface area contributed by atoms with Crippen molar-refractivity contribution >= 4 is 57.9 Å². The lowest BCUT2D eigenvalue weighted by atomic mass is 9.89. The predicted octanol–water partition coefficient (Wildman–Crippen LogP) is 2.68. The van der Waals surface area contributed by atoms with Gasteiger partial charge >= 0.3 is 11.9 Å². The van der Waals surface area contributed by atoms with Gasteiger partial charge in [-0.15, -0.1) is 0 Å². The van der Waals surface area contributed by atoms with Crippen molar-refractivity contribution in [1.82, 2.24) is 20.6 Å². The largest absolute Gasteiger partial charge is 0.456 e. The van der Waals surface area contributed by atoms with Crippen LogP contribution in [0.5, 0.6) is 0 Å². The van der Waals surface area contributed by atoms with E-state index in [4.69, 9.17) is 9.47 Å². The number of hydrogen-bond acceptors (Lipinski definition) is 8. The third-order valence-electron chi connectivity index (χ3n) is 8.77. The van der Waals surface area contributed by atoms with Gasteiger partial charge in [-0.3, -0.25) is 19.2 Å². The molecular formula is C32H38N6O7. The van der Waals surface area contributed by atoms with E-state index in [1.807, 2.05) is 50.5 Å². The van der Waals surface area contributed by atoms with Gasteiger partial charge in [-0.25, -0.2) is 0 Å². The number of benzene rings is 2. The first-order valence-electron chi connectivity index (χ1n) is 14.8. The zero-order chi connectivity index (χ0) is 30.8. The van der Waals surface area contributed by atoms with Crippen LogP contribution in [-0.2, 0) is 41.5 Å². The number of carbonyl (C=O) groups is 4. The number of likely N-dealkylation sites (N-methyl/N-ethyl adjacent to an activating group) is 2. The van der Waals surface area contributed by atoms with Gasteiger partial charge in [0.05, 0.1) is 24.2 Å². The molecule has 2 aliphatic rings. The molecule has 45 heavy (non-hydrogen) atoms. The fourth-order valence-electron chi connectivity index (χ4n) is 6.55. The van der Waals surface area contributed by atoms with E-state index in [0.29, 0.717) is 37.0 Å². The van der Waals surface area contributed by atoms with Crippen LogP contribution in [0.4, 0.5) is 11.4 Å². The van der Waals surface area contributed by atoms with Crippen LogP contribution in [0.15, 0.2) is 36.4 Å². The number of fused-ring (bicyclic) bond motifs is 6. The fraction of sp³-hybridized carbons (Fsp3) is 0.375. The number of aromatic nitrogens is 2. The molecule has 2 aliphatic carbocycles. The summed E-state index contributed by atoms with van der Waals surface area (Å²) in [4.78, 5) is 54.7. The minimum Gasteiger partial charge on any atom is -0.456 e. The molecule has 2 unspecified atom stereocenters. The number of anilines is 2. The summed E-state index contributed by atoms with van der Waals surface area (Å²) in [6.45, 7) is 0. The Morgan fingerprint density at radius 1 is 0.756 bits per heavy atom. The number of nitrogens with one attached hydrogen (secondary N) is 6. The molecule has 4 aromatic rings. The third kappa shape index (κ3) is 6.41. The first kappa shape index (κ1) is 31.7. The Labute approximate surface area is 259 Å². The van der Waals surface area contributed by atoms with Crippen LogP contribution in [0.1, 0.15) is 60.4 Å². The summed E-state index contributed by atoms with van der Waals surface area (Å²) in [5.41, 5.74) is 6.92. The Bertz CT molecular complexity index is 1600. The van der Waals surface area contributed by atoms with Crippen molar-refractivity contribution in [3.63, 3.8) is 0 Å². The predicted molar refractivity (Wildman–Crippen MR) is 169 cm³/mol. The maximum Gasteiger partial charge on any atom is 0.307 e. The SMILES string of the molecule is CN[C@@H]1Cc2c([nH]c3ccc(NC=O)cc23)C(OC(=O)CCC(=O)OC2C[C@H](NC)Cc3c2[nH]c2ccc(NC=O)cc32)C1.O. The van der Waals surface area contributed by atoms with Crippen molar-refractivity contribution in [2.24, 2.45) is 0 Å². The van der Waals surface area contributed by atoms with E-state index in [-0.39, 0.29) is 30.4 Å². The van der Waals surface area contributed by atoms with Crippen molar-refractivity contribution in [3.8, 4) is 0 Å². The number of esters is 2. The number of carbonyl (C=O) groups excluding carboxylic acids is 4. The van der Waals surface area contributed by atoms with Gasteiger partial charge in [0.2, 0.25) is 12.8 Å². The molecule has 0 saturated carbocycles. The molecule has 2 aromatic heterocycles. The van der Waals surface area contributed by atoms with Crippen LogP contribution in [0, 0.1) is 0 Å². The standard InChI is InChI=1S/C32H36N6O6.H2O/c1-33-19-11-23-21-9-17(35-15-39)3-5-25(21)37-31(23)27(13-19)43-29(41)7-8-30(42)44-28-14-20(34-2)12-24-22-10-18(36-16-40)4-6-26(22)38-32(24)28;/h3-6,9-10,15-16,19-20,27-28,33-34,37-38H,7-8,11-14H2,1-2H3,(H,35,39)(H,36,40);1H2/t19-,20-,27?,28?;/m1./s1. The number of rotatable bonds is 11. The number of ether oxygens (including phenoxy) is 2. The Hall–Kier alpha value is -4.72. The summed E-state index contributed by atoms with van der Waals surface area (Å²) in [5.74, 6) is -0.954. The molecule has 0 radical (unpaired) electrons. The lowest BCUT2D eigenvalue weighted by Gasteiger charge is -2.29. The van der Waals surface area contributed by atoms with Gasteiger partial charge in [0, 0.05) is 58.1 Å². The van der Waals surface area contributed by atoms with Crippen LogP contribution in [0.3, 0.4) is 0 Å². The van der Waals surface area contributed by atoms with E-state index in [1.165, 1.54) is 0 Å². The van der Waals surface area contributed by atoms with Crippen LogP contribution < -0.4 is 21.3 Å². The summed E-state index contributed by atoms with van der Waals surface area (Å²) in [7, 11) is 3.75. The van der Waals surface area contributed by atoms with E-state index in [1.54, 1.807) is 0 Å². The van der Waals surface area contributed by atoms with Gasteiger partial charge in [-0.2, -0.15) is 0 Å². The summed E-state index contributed by atoms with van der Waals surface area (Å²) < 4.78 is 11.8. The van der Waals surface area contributed by atoms with Gasteiger partial charge in [0.1, 0.15) is 12.2 Å². The maximum atomic E-state index is 13.0. The molecule has 238 valence electrons. The maximum absolute atomic E-state index is 13.0. The molecule has 13 heteroatoms. The fourth-order valence-corrected chi connectivity index (χ4v) is 6.55. The van der Waals surface area contributed by atoms with Crippen molar-refractivity contribution < 1.29 is 34.1 Å². The zero-order valence-corrected chi connectivity index (χ0v) is 25.1. The smallest absolute Gasteiger partial charge is 0.307 e. The summed E-state index contributed by atoms with van der Waals surface area (Å²) in [6.07, 6.45) is 2.74. The molecule has 13 nitrogen and oxygen atoms in total. The molecule has 2 amide bonds. The Morgan fingerprint density at radius 2 is 1.18 bits per heavy atom. The van der Waals surface area contributed by atoms with Gasteiger partial charge in [0.15, 0.2) is 0 Å². The van der Waals surface area contributed by atoms with Gasteiger partial charge in [-0.1, -0.05) is 0 Å². The average Bonchev–Trinajstić information content (AvgIpc) is 3.58. The van der Waals surface area contributed by atoms with Gasteiger partial charge in [-0.05, 0) is 74.5 Å². The Morgan fingerprint density at radius 3 is 1.56 bits per heavy atom. The first-order chi connectivity index (χ1) is 21.4. The molecule has 4 atom stereocenters. The number of amides is 2. The van der Waals surface area contributed by atoms with E-state index in [9.17, 15) is 19.2 Å². The molecule has 0 bridgehead atoms. The highest BCUT2D eigenvalue weighted by Gasteiger charge is 2.34. The highest BCUT2D eigenvalue weighted by Crippen LogP contribution is 2.39. The third-order valence-corrected chi connectivity index (χ3v) is 8.77. The first-order valence-corrected chi connectivity index (χ1v) is 14.8. The van der Waals surface area contributed by atoms with Crippen LogP contribution in [-0.4, -0.2) is 66.4 Å². The average molecular weight is 619 g/mol. The lowest BCUT2D eigenvalue weighted by molar-refractivity contribution is -0.157. The second kappa shape index (κ2) is 13.5. The Kier molecular flexibility index (Phi) is 9.51. The highest BCUT2D eigenvalue weighted by atomic mass is 16.6. The quantitative estimate of drug-likeness (QED) is 0.109. The molecule has 0 spiro atoms. The topological polar surface area (TPSA) is 198 Å². The molecule has 2 heterocycles. The Balaban J connectivity index is 0.00000400. The molecule has 0 saturated heterocycles. The van der Waals surface area contributed by atoms with Crippen molar-refractivity contribution in [2.45, 2.75) is 62.8 Å². The van der Waals surface area contributed by atoms with Gasteiger partial charge < -0.3 is 46.2 Å². The number of H-pyrrole nitrogens is 2. The van der Waals surface area contributed by atoms with Crippen molar-refractivity contribution in [2.75, 3.05) is 24.7 Å². The van der Waals surface area contributed by atoms with E-state index >= 15 is 0 Å². The second-order valence-electron chi connectivity index (χ2n) is 11.4. The van der Waals surface area contributed by atoms with E-state index < -0.39 is 24.1 Å². The normalized spacial score (nSPS) is 20.4. The summed E-state index contributed by atoms with van der Waals surface area (Å²) in [6, 6.07) is 11.4. The minimum absolute atomic E-state index is 0. The zero-order valence-electron chi connectivity index (χ0n) is 25.1. The molecule has 2 aromatic carbocycles.